The van der Waals surface area contributed by atoms with Gasteiger partial charge in [-0.3, -0.25) is 0 Å². The molecular weight excluding hydrogens is 342 g/mol. The zero-order chi connectivity index (χ0) is 19.2. The Morgan fingerprint density at radius 1 is 1.07 bits per heavy atom. The minimum Gasteiger partial charge on any atom is -0.495 e. The van der Waals surface area contributed by atoms with Crippen LogP contribution in [0.2, 0.25) is 0 Å². The number of carbonyl (C=O) groups excluding carboxylic acids is 1. The van der Waals surface area contributed by atoms with Gasteiger partial charge in [0.05, 0.1) is 25.1 Å². The largest absolute Gasteiger partial charge is 0.495 e. The van der Waals surface area contributed by atoms with E-state index in [0.717, 1.165) is 30.1 Å². The van der Waals surface area contributed by atoms with Crippen LogP contribution in [0.4, 0.5) is 16.2 Å². The summed E-state index contributed by atoms with van der Waals surface area (Å²) in [5.74, 6) is 1.56. The highest BCUT2D eigenvalue weighted by Gasteiger charge is 2.23. The molecule has 2 aromatic carbocycles. The fraction of sp³-hybridized carbons (Fsp3) is 0.381. The summed E-state index contributed by atoms with van der Waals surface area (Å²) in [4.78, 5) is 16.8. The number of anilines is 2. The third-order valence-electron chi connectivity index (χ3n) is 4.67. The number of nitrogens with zero attached hydrogens (tertiary/aromatic N) is 2. The Morgan fingerprint density at radius 3 is 2.52 bits per heavy atom. The van der Waals surface area contributed by atoms with E-state index in [1.807, 2.05) is 55.1 Å². The van der Waals surface area contributed by atoms with Crippen LogP contribution in [-0.2, 0) is 0 Å². The average molecular weight is 369 g/mol. The third kappa shape index (κ3) is 4.45. The second-order valence-corrected chi connectivity index (χ2v) is 6.51. The number of nitrogens with one attached hydrogen (secondary N) is 1. The molecule has 0 bridgehead atoms. The van der Waals surface area contributed by atoms with Gasteiger partial charge in [0.2, 0.25) is 0 Å². The maximum Gasteiger partial charge on any atom is 0.322 e. The van der Waals surface area contributed by atoms with Gasteiger partial charge in [0.1, 0.15) is 11.5 Å². The van der Waals surface area contributed by atoms with Crippen LogP contribution in [0.15, 0.2) is 42.5 Å². The van der Waals surface area contributed by atoms with Crippen molar-refractivity contribution in [2.75, 3.05) is 50.1 Å². The molecule has 0 aromatic heterocycles. The molecule has 144 valence electrons. The van der Waals surface area contributed by atoms with Gasteiger partial charge in [-0.25, -0.2) is 4.79 Å². The van der Waals surface area contributed by atoms with E-state index in [1.54, 1.807) is 7.11 Å². The van der Waals surface area contributed by atoms with E-state index in [1.165, 1.54) is 0 Å². The average Bonchev–Trinajstić information content (AvgIpc) is 2.69. The van der Waals surface area contributed by atoms with Crippen molar-refractivity contribution in [3.8, 4) is 11.5 Å². The maximum atomic E-state index is 12.7. The molecule has 27 heavy (non-hydrogen) atoms. The Bertz CT molecular complexity index is 786. The molecule has 0 radical (unpaired) electrons. The Morgan fingerprint density at radius 2 is 1.81 bits per heavy atom. The molecule has 0 saturated carbocycles. The number of ether oxygens (including phenoxy) is 2. The summed E-state index contributed by atoms with van der Waals surface area (Å²) in [5.41, 5.74) is 2.86. The van der Waals surface area contributed by atoms with Gasteiger partial charge in [0, 0.05) is 26.2 Å². The first-order chi connectivity index (χ1) is 13.1. The van der Waals surface area contributed by atoms with E-state index in [9.17, 15) is 4.79 Å². The summed E-state index contributed by atoms with van der Waals surface area (Å²) in [7, 11) is 1.61. The number of methoxy groups -OCH3 is 1. The highest BCUT2D eigenvalue weighted by molar-refractivity contribution is 5.91. The van der Waals surface area contributed by atoms with E-state index in [4.69, 9.17) is 9.47 Å². The summed E-state index contributed by atoms with van der Waals surface area (Å²) in [6, 6.07) is 13.7. The van der Waals surface area contributed by atoms with Crippen molar-refractivity contribution in [3.05, 3.63) is 48.0 Å². The first-order valence-corrected chi connectivity index (χ1v) is 9.29. The lowest BCUT2D eigenvalue weighted by molar-refractivity contribution is 0.208. The molecule has 0 spiro atoms. The molecule has 1 saturated heterocycles. The number of hydrogen-bond acceptors (Lipinski definition) is 4. The summed E-state index contributed by atoms with van der Waals surface area (Å²) in [6.07, 6.45) is 0. The number of piperazine rings is 1. The molecule has 0 atom stereocenters. The molecule has 1 fully saturated rings. The lowest BCUT2D eigenvalue weighted by Gasteiger charge is -2.36. The monoisotopic (exact) mass is 369 g/mol. The molecule has 3 rings (SSSR count). The molecule has 6 heteroatoms. The maximum absolute atomic E-state index is 12.7. The van der Waals surface area contributed by atoms with Crippen LogP contribution < -0.4 is 19.7 Å². The van der Waals surface area contributed by atoms with Crippen molar-refractivity contribution in [2.24, 2.45) is 0 Å². The molecule has 0 unspecified atom stereocenters. The summed E-state index contributed by atoms with van der Waals surface area (Å²) in [5, 5.41) is 2.98. The van der Waals surface area contributed by atoms with Crippen molar-refractivity contribution in [1.82, 2.24) is 4.90 Å². The molecule has 1 N–H and O–H groups in total. The number of hydrogen-bond donors (Lipinski definition) is 1. The first-order valence-electron chi connectivity index (χ1n) is 9.29. The number of benzene rings is 2. The Kier molecular flexibility index (Phi) is 6.06. The van der Waals surface area contributed by atoms with E-state index >= 15 is 0 Å². The van der Waals surface area contributed by atoms with Crippen LogP contribution in [-0.4, -0.2) is 50.8 Å². The van der Waals surface area contributed by atoms with Gasteiger partial charge >= 0.3 is 6.03 Å². The van der Waals surface area contributed by atoms with Crippen molar-refractivity contribution < 1.29 is 14.3 Å². The predicted molar refractivity (Wildman–Crippen MR) is 108 cm³/mol. The predicted octanol–water partition coefficient (Wildman–Crippen LogP) is 3.76. The van der Waals surface area contributed by atoms with Crippen LogP contribution in [0.25, 0.3) is 0 Å². The summed E-state index contributed by atoms with van der Waals surface area (Å²) >= 11 is 0. The van der Waals surface area contributed by atoms with Crippen LogP contribution in [0.5, 0.6) is 11.5 Å². The highest BCUT2D eigenvalue weighted by atomic mass is 16.5. The van der Waals surface area contributed by atoms with Gasteiger partial charge < -0.3 is 24.6 Å². The van der Waals surface area contributed by atoms with Crippen molar-refractivity contribution in [2.45, 2.75) is 13.8 Å². The summed E-state index contributed by atoms with van der Waals surface area (Å²) < 4.78 is 11.1. The molecule has 1 heterocycles. The number of carbonyl (C=O) groups is 1. The molecule has 1 aliphatic heterocycles. The zero-order valence-electron chi connectivity index (χ0n) is 16.2. The van der Waals surface area contributed by atoms with E-state index in [2.05, 4.69) is 16.3 Å². The van der Waals surface area contributed by atoms with Crippen LogP contribution in [0.3, 0.4) is 0 Å². The van der Waals surface area contributed by atoms with Gasteiger partial charge in [-0.15, -0.1) is 0 Å². The molecule has 0 aliphatic carbocycles. The van der Waals surface area contributed by atoms with Crippen LogP contribution in [0, 0.1) is 6.92 Å². The van der Waals surface area contributed by atoms with Crippen LogP contribution >= 0.6 is 0 Å². The van der Waals surface area contributed by atoms with Gasteiger partial charge in [-0.1, -0.05) is 18.2 Å². The lowest BCUT2D eigenvalue weighted by atomic mass is 10.2. The molecular formula is C21H27N3O3. The number of rotatable bonds is 5. The highest BCUT2D eigenvalue weighted by Crippen LogP contribution is 2.29. The SMILES string of the molecule is CCOc1ccccc1N1CCN(C(=O)Nc2cc(C)ccc2OC)CC1. The third-order valence-corrected chi connectivity index (χ3v) is 4.67. The molecule has 2 amide bonds. The van der Waals surface area contributed by atoms with Crippen LogP contribution in [0.1, 0.15) is 12.5 Å². The molecule has 1 aliphatic rings. The Balaban J connectivity index is 1.63. The van der Waals surface area contributed by atoms with E-state index in [0.29, 0.717) is 31.1 Å². The topological polar surface area (TPSA) is 54.0 Å². The van der Waals surface area contributed by atoms with Gasteiger partial charge in [-0.05, 0) is 43.7 Å². The van der Waals surface area contributed by atoms with Gasteiger partial charge in [0.25, 0.3) is 0 Å². The zero-order valence-corrected chi connectivity index (χ0v) is 16.2. The van der Waals surface area contributed by atoms with Crippen molar-refractivity contribution in [1.29, 1.82) is 0 Å². The van der Waals surface area contributed by atoms with E-state index in [-0.39, 0.29) is 6.03 Å². The smallest absolute Gasteiger partial charge is 0.322 e. The second-order valence-electron chi connectivity index (χ2n) is 6.51. The van der Waals surface area contributed by atoms with E-state index < -0.39 is 0 Å². The number of para-hydroxylation sites is 2. The fourth-order valence-corrected chi connectivity index (χ4v) is 3.26. The van der Waals surface area contributed by atoms with Gasteiger partial charge in [0.15, 0.2) is 0 Å². The number of amides is 2. The normalized spacial score (nSPS) is 14.0. The lowest BCUT2D eigenvalue weighted by Crippen LogP contribution is -2.50. The number of aryl methyl sites for hydroxylation is 1. The Hall–Kier alpha value is -2.89. The first kappa shape index (κ1) is 18.9. The molecule has 6 nitrogen and oxygen atoms in total. The number of urea groups is 1. The Labute approximate surface area is 160 Å². The standard InChI is InChI=1S/C21H27N3O3/c1-4-27-20-8-6-5-7-18(20)23-11-13-24(14-12-23)21(25)22-17-15-16(2)9-10-19(17)26-3/h5-10,15H,4,11-14H2,1-3H3,(H,22,25). The van der Waals surface area contributed by atoms with Crippen molar-refractivity contribution >= 4 is 17.4 Å². The summed E-state index contributed by atoms with van der Waals surface area (Å²) in [6.45, 7) is 7.45. The molecule has 2 aromatic rings. The van der Waals surface area contributed by atoms with Gasteiger partial charge in [-0.2, -0.15) is 0 Å². The quantitative estimate of drug-likeness (QED) is 0.872. The fourth-order valence-electron chi connectivity index (χ4n) is 3.26. The second kappa shape index (κ2) is 8.66. The van der Waals surface area contributed by atoms with Crippen molar-refractivity contribution in [3.63, 3.8) is 0 Å². The minimum atomic E-state index is -0.100. The minimum absolute atomic E-state index is 0.100.